The molecule has 0 saturated carbocycles. The van der Waals surface area contributed by atoms with Gasteiger partial charge in [-0.05, 0) is 36.6 Å². The highest BCUT2D eigenvalue weighted by atomic mass is 32.2. The first-order chi connectivity index (χ1) is 9.41. The molecule has 1 atom stereocenters. The van der Waals surface area contributed by atoms with Crippen molar-refractivity contribution in [3.63, 3.8) is 0 Å². The van der Waals surface area contributed by atoms with Crippen LogP contribution in [0, 0.1) is 5.82 Å². The molecule has 4 nitrogen and oxygen atoms in total. The van der Waals surface area contributed by atoms with E-state index in [1.165, 1.54) is 12.1 Å². The van der Waals surface area contributed by atoms with Crippen LogP contribution in [-0.4, -0.2) is 39.1 Å². The molecule has 112 valence electrons. The van der Waals surface area contributed by atoms with E-state index < -0.39 is 9.84 Å². The molecule has 1 unspecified atom stereocenters. The van der Waals surface area contributed by atoms with Gasteiger partial charge in [-0.2, -0.15) is 0 Å². The Morgan fingerprint density at radius 2 is 2.00 bits per heavy atom. The molecule has 0 amide bonds. The first-order valence-electron chi connectivity index (χ1n) is 6.90. The first kappa shape index (κ1) is 15.3. The number of hydrogen-bond acceptors (Lipinski definition) is 4. The van der Waals surface area contributed by atoms with Gasteiger partial charge in [-0.1, -0.05) is 6.92 Å². The number of sulfone groups is 1. The Labute approximate surface area is 119 Å². The largest absolute Gasteiger partial charge is 0.369 e. The second-order valence-electron chi connectivity index (χ2n) is 5.28. The SMILES string of the molecule is CCC(N)Cc1cc(F)ccc1N1CCS(=O)(=O)CC1. The fourth-order valence-corrected chi connectivity index (χ4v) is 3.61. The van der Waals surface area contributed by atoms with Crippen molar-refractivity contribution in [2.45, 2.75) is 25.8 Å². The van der Waals surface area contributed by atoms with Crippen LogP contribution in [0.2, 0.25) is 0 Å². The van der Waals surface area contributed by atoms with Crippen LogP contribution in [0.1, 0.15) is 18.9 Å². The van der Waals surface area contributed by atoms with Crippen molar-refractivity contribution in [2.75, 3.05) is 29.5 Å². The summed E-state index contributed by atoms with van der Waals surface area (Å²) in [5, 5.41) is 0. The highest BCUT2D eigenvalue weighted by Crippen LogP contribution is 2.25. The number of benzene rings is 1. The van der Waals surface area contributed by atoms with Crippen molar-refractivity contribution in [1.29, 1.82) is 0 Å². The number of nitrogens with two attached hydrogens (primary N) is 1. The maximum Gasteiger partial charge on any atom is 0.153 e. The molecule has 0 radical (unpaired) electrons. The average Bonchev–Trinajstić information content (AvgIpc) is 2.39. The fourth-order valence-electron chi connectivity index (χ4n) is 2.41. The van der Waals surface area contributed by atoms with Crippen molar-refractivity contribution in [3.8, 4) is 0 Å². The van der Waals surface area contributed by atoms with Crippen LogP contribution in [0.4, 0.5) is 10.1 Å². The van der Waals surface area contributed by atoms with Gasteiger partial charge in [-0.15, -0.1) is 0 Å². The molecule has 20 heavy (non-hydrogen) atoms. The summed E-state index contributed by atoms with van der Waals surface area (Å²) in [7, 11) is -2.91. The number of anilines is 1. The molecule has 2 rings (SSSR count). The molecular formula is C14H21FN2O2S. The Balaban J connectivity index is 2.22. The quantitative estimate of drug-likeness (QED) is 0.911. The van der Waals surface area contributed by atoms with Crippen molar-refractivity contribution >= 4 is 15.5 Å². The molecule has 1 aliphatic heterocycles. The van der Waals surface area contributed by atoms with Crippen molar-refractivity contribution in [3.05, 3.63) is 29.6 Å². The molecule has 1 aliphatic rings. The van der Waals surface area contributed by atoms with E-state index in [0.717, 1.165) is 17.7 Å². The number of rotatable bonds is 4. The van der Waals surface area contributed by atoms with Crippen molar-refractivity contribution in [1.82, 2.24) is 0 Å². The van der Waals surface area contributed by atoms with Gasteiger partial charge in [-0.25, -0.2) is 12.8 Å². The minimum absolute atomic E-state index is 0.0101. The maximum atomic E-state index is 13.4. The smallest absolute Gasteiger partial charge is 0.153 e. The number of nitrogens with zero attached hydrogens (tertiary/aromatic N) is 1. The first-order valence-corrected chi connectivity index (χ1v) is 8.73. The van der Waals surface area contributed by atoms with E-state index in [-0.39, 0.29) is 23.4 Å². The van der Waals surface area contributed by atoms with E-state index in [2.05, 4.69) is 0 Å². The van der Waals surface area contributed by atoms with Gasteiger partial charge in [-0.3, -0.25) is 0 Å². The van der Waals surface area contributed by atoms with E-state index in [0.29, 0.717) is 19.5 Å². The third-order valence-electron chi connectivity index (χ3n) is 3.73. The minimum atomic E-state index is -2.91. The molecule has 6 heteroatoms. The van der Waals surface area contributed by atoms with Gasteiger partial charge in [0, 0.05) is 24.8 Å². The van der Waals surface area contributed by atoms with E-state index in [1.807, 2.05) is 11.8 Å². The van der Waals surface area contributed by atoms with Crippen LogP contribution in [0.5, 0.6) is 0 Å². The topological polar surface area (TPSA) is 63.4 Å². The number of halogens is 1. The summed E-state index contributed by atoms with van der Waals surface area (Å²) in [4.78, 5) is 2.01. The number of hydrogen-bond donors (Lipinski definition) is 1. The molecule has 1 fully saturated rings. The third kappa shape index (κ3) is 3.70. The van der Waals surface area contributed by atoms with Gasteiger partial charge in [0.15, 0.2) is 9.84 Å². The Morgan fingerprint density at radius 1 is 1.35 bits per heavy atom. The van der Waals surface area contributed by atoms with Gasteiger partial charge in [0.05, 0.1) is 11.5 Å². The second kappa shape index (κ2) is 6.10. The average molecular weight is 300 g/mol. The summed E-state index contributed by atoms with van der Waals surface area (Å²) >= 11 is 0. The van der Waals surface area contributed by atoms with Gasteiger partial charge >= 0.3 is 0 Å². The van der Waals surface area contributed by atoms with Crippen LogP contribution in [-0.2, 0) is 16.3 Å². The second-order valence-corrected chi connectivity index (χ2v) is 7.59. The van der Waals surface area contributed by atoms with E-state index in [1.54, 1.807) is 6.07 Å². The Hall–Kier alpha value is -1.14. The predicted molar refractivity (Wildman–Crippen MR) is 79.2 cm³/mol. The minimum Gasteiger partial charge on any atom is -0.369 e. The summed E-state index contributed by atoms with van der Waals surface area (Å²) in [5.41, 5.74) is 7.73. The molecular weight excluding hydrogens is 279 g/mol. The Kier molecular flexibility index (Phi) is 4.65. The van der Waals surface area contributed by atoms with Gasteiger partial charge in [0.1, 0.15) is 5.82 Å². The molecule has 0 aromatic heterocycles. The van der Waals surface area contributed by atoms with Crippen LogP contribution < -0.4 is 10.6 Å². The molecule has 0 aliphatic carbocycles. The summed E-state index contributed by atoms with van der Waals surface area (Å²) in [6, 6.07) is 4.64. The van der Waals surface area contributed by atoms with Crippen LogP contribution >= 0.6 is 0 Å². The van der Waals surface area contributed by atoms with Crippen LogP contribution in [0.3, 0.4) is 0 Å². The highest BCUT2D eigenvalue weighted by Gasteiger charge is 2.23. The third-order valence-corrected chi connectivity index (χ3v) is 5.34. The maximum absolute atomic E-state index is 13.4. The Bertz CT molecular complexity index is 561. The summed E-state index contributed by atoms with van der Waals surface area (Å²) in [6.45, 7) is 2.92. The molecule has 1 heterocycles. The zero-order valence-electron chi connectivity index (χ0n) is 11.7. The van der Waals surface area contributed by atoms with Crippen LogP contribution in [0.25, 0.3) is 0 Å². The van der Waals surface area contributed by atoms with E-state index in [4.69, 9.17) is 5.73 Å². The van der Waals surface area contributed by atoms with Crippen LogP contribution in [0.15, 0.2) is 18.2 Å². The van der Waals surface area contributed by atoms with E-state index >= 15 is 0 Å². The van der Waals surface area contributed by atoms with Gasteiger partial charge in [0.25, 0.3) is 0 Å². The van der Waals surface area contributed by atoms with E-state index in [9.17, 15) is 12.8 Å². The lowest BCUT2D eigenvalue weighted by Gasteiger charge is -2.31. The normalized spacial score (nSPS) is 19.9. The molecule has 2 N–H and O–H groups in total. The lowest BCUT2D eigenvalue weighted by atomic mass is 10.0. The fraction of sp³-hybridized carbons (Fsp3) is 0.571. The molecule has 1 aromatic rings. The van der Waals surface area contributed by atoms with Gasteiger partial charge in [0.2, 0.25) is 0 Å². The Morgan fingerprint density at radius 3 is 2.60 bits per heavy atom. The lowest BCUT2D eigenvalue weighted by Crippen LogP contribution is -2.41. The predicted octanol–water partition coefficient (Wildman–Crippen LogP) is 1.34. The highest BCUT2D eigenvalue weighted by molar-refractivity contribution is 7.91. The molecule has 0 bridgehead atoms. The van der Waals surface area contributed by atoms with Crippen molar-refractivity contribution < 1.29 is 12.8 Å². The summed E-state index contributed by atoms with van der Waals surface area (Å²) in [5.74, 6) is 0.0319. The summed E-state index contributed by atoms with van der Waals surface area (Å²) in [6.07, 6.45) is 1.43. The molecule has 1 saturated heterocycles. The molecule has 1 aromatic carbocycles. The van der Waals surface area contributed by atoms with Crippen molar-refractivity contribution in [2.24, 2.45) is 5.73 Å². The monoisotopic (exact) mass is 300 g/mol. The molecule has 0 spiro atoms. The zero-order valence-corrected chi connectivity index (χ0v) is 12.5. The zero-order chi connectivity index (χ0) is 14.8. The van der Waals surface area contributed by atoms with Gasteiger partial charge < -0.3 is 10.6 Å². The summed E-state index contributed by atoms with van der Waals surface area (Å²) < 4.78 is 36.4. The standard InChI is InChI=1S/C14H21FN2O2S/c1-2-13(16)10-11-9-12(15)3-4-14(11)17-5-7-20(18,19)8-6-17/h3-4,9,13H,2,5-8,10,16H2,1H3. The lowest BCUT2D eigenvalue weighted by molar-refractivity contribution is 0.585.